The van der Waals surface area contributed by atoms with Gasteiger partial charge in [0.05, 0.1) is 14.2 Å². The number of amides is 1. The van der Waals surface area contributed by atoms with Gasteiger partial charge >= 0.3 is 0 Å². The molecule has 0 radical (unpaired) electrons. The number of ether oxygens (including phenoxy) is 4. The molecule has 1 N–H and O–H groups in total. The number of nitrogens with zero attached hydrogens (tertiary/aromatic N) is 3. The molecule has 0 saturated carbocycles. The number of aromatic nitrogens is 2. The molecule has 3 rings (SSSR count). The van der Waals surface area contributed by atoms with Crippen LogP contribution in [0.25, 0.3) is 6.08 Å². The molecule has 37 heavy (non-hydrogen) atoms. The van der Waals surface area contributed by atoms with Gasteiger partial charge in [0, 0.05) is 6.26 Å². The molecule has 1 amide bonds. The van der Waals surface area contributed by atoms with Crippen LogP contribution < -0.4 is 24.3 Å². The van der Waals surface area contributed by atoms with Gasteiger partial charge in [0.2, 0.25) is 25.1 Å². The molecule has 0 bridgehead atoms. The van der Waals surface area contributed by atoms with Crippen LogP contribution in [0.4, 0.5) is 5.13 Å². The molecule has 194 valence electrons. The summed E-state index contributed by atoms with van der Waals surface area (Å²) in [4.78, 5) is 12.6. The summed E-state index contributed by atoms with van der Waals surface area (Å²) in [5, 5.41) is 19.0. The van der Waals surface area contributed by atoms with E-state index < -0.39 is 15.7 Å². The van der Waals surface area contributed by atoms with Crippen molar-refractivity contribution in [2.24, 2.45) is 0 Å². The van der Waals surface area contributed by atoms with E-state index in [0.717, 1.165) is 17.6 Å². The number of sulfone groups is 1. The molecule has 0 aliphatic heterocycles. The normalized spacial score (nSPS) is 11.4. The Morgan fingerprint density at radius 2 is 1.73 bits per heavy atom. The van der Waals surface area contributed by atoms with Gasteiger partial charge in [-0.2, -0.15) is 5.26 Å². The lowest BCUT2D eigenvalue weighted by molar-refractivity contribution is -0.112. The number of aryl methyl sites for hydroxylation is 1. The summed E-state index contributed by atoms with van der Waals surface area (Å²) >= 11 is 0.680. The van der Waals surface area contributed by atoms with Crippen molar-refractivity contribution in [3.63, 3.8) is 0 Å². The third-order valence-electron chi connectivity index (χ3n) is 4.78. The second kappa shape index (κ2) is 12.2. The number of rotatable bonds is 11. The lowest BCUT2D eigenvalue weighted by Crippen LogP contribution is -2.13. The van der Waals surface area contributed by atoms with Gasteiger partial charge in [-0.05, 0) is 42.3 Å². The first kappa shape index (κ1) is 27.4. The number of benzene rings is 2. The number of carbonyl (C=O) groups is 1. The maximum atomic E-state index is 12.6. The Morgan fingerprint density at radius 1 is 1.08 bits per heavy atom. The first-order valence-corrected chi connectivity index (χ1v) is 13.4. The fourth-order valence-electron chi connectivity index (χ4n) is 3.03. The van der Waals surface area contributed by atoms with Gasteiger partial charge in [-0.25, -0.2) is 8.42 Å². The Bertz CT molecular complexity index is 1430. The van der Waals surface area contributed by atoms with Gasteiger partial charge in [-0.15, -0.1) is 10.2 Å². The van der Waals surface area contributed by atoms with Crippen LogP contribution in [0.15, 0.2) is 46.3 Å². The van der Waals surface area contributed by atoms with Crippen LogP contribution >= 0.6 is 11.3 Å². The molecule has 11 nitrogen and oxygen atoms in total. The minimum atomic E-state index is -3.57. The molecule has 1 heterocycles. The number of hydrogen-bond donors (Lipinski definition) is 1. The second-order valence-corrected chi connectivity index (χ2v) is 10.7. The molecule has 0 spiro atoms. The summed E-state index contributed by atoms with van der Waals surface area (Å²) in [7, 11) is -0.670. The fourth-order valence-corrected chi connectivity index (χ4v) is 4.53. The summed E-state index contributed by atoms with van der Waals surface area (Å²) < 4.78 is 45.4. The standard InChI is InChI=1S/C24H24N4O7S2/c1-15-7-5-6-8-18(15)34-9-10-35-21-19(32-2)12-16(13-20(21)33-3)11-17(14-25)22(29)26-23-27-28-24(36-23)37(4,30)31/h5-8,11-13H,9-10H2,1-4H3,(H,26,27,29)/b17-11-. The Labute approximate surface area is 218 Å². The number of methoxy groups -OCH3 is 2. The van der Waals surface area contributed by atoms with Crippen molar-refractivity contribution in [1.82, 2.24) is 10.2 Å². The third kappa shape index (κ3) is 7.18. The zero-order chi connectivity index (χ0) is 27.0. The predicted molar refractivity (Wildman–Crippen MR) is 137 cm³/mol. The highest BCUT2D eigenvalue weighted by atomic mass is 32.2. The largest absolute Gasteiger partial charge is 0.493 e. The first-order chi connectivity index (χ1) is 17.7. The maximum Gasteiger partial charge on any atom is 0.268 e. The van der Waals surface area contributed by atoms with Crippen molar-refractivity contribution in [1.29, 1.82) is 5.26 Å². The zero-order valence-electron chi connectivity index (χ0n) is 20.5. The van der Waals surface area contributed by atoms with E-state index in [1.807, 2.05) is 37.3 Å². The Kier molecular flexibility index (Phi) is 9.05. The molecular weight excluding hydrogens is 520 g/mol. The summed E-state index contributed by atoms with van der Waals surface area (Å²) in [6.45, 7) is 2.44. The lowest BCUT2D eigenvalue weighted by atomic mass is 10.1. The molecule has 0 atom stereocenters. The molecule has 3 aromatic rings. The molecule has 0 aliphatic rings. The first-order valence-electron chi connectivity index (χ1n) is 10.7. The summed E-state index contributed by atoms with van der Waals surface area (Å²) in [5.41, 5.74) is 1.17. The van der Waals surface area contributed by atoms with Crippen LogP contribution in [0.2, 0.25) is 0 Å². The number of para-hydroxylation sites is 1. The van der Waals surface area contributed by atoms with Gasteiger partial charge in [0.15, 0.2) is 11.5 Å². The van der Waals surface area contributed by atoms with Crippen LogP contribution in [0.5, 0.6) is 23.0 Å². The highest BCUT2D eigenvalue weighted by Gasteiger charge is 2.19. The Hall–Kier alpha value is -4.15. The van der Waals surface area contributed by atoms with Gasteiger partial charge < -0.3 is 18.9 Å². The van der Waals surface area contributed by atoms with Crippen molar-refractivity contribution in [2.45, 2.75) is 11.3 Å². The average Bonchev–Trinajstić information content (AvgIpc) is 3.35. The minimum Gasteiger partial charge on any atom is -0.493 e. The SMILES string of the molecule is COc1cc(/C=C(/C#N)C(=O)Nc2nnc(S(C)(=O)=O)s2)cc(OC)c1OCCOc1ccccc1C. The maximum absolute atomic E-state index is 12.6. The van der Waals surface area contributed by atoms with E-state index >= 15 is 0 Å². The molecule has 0 fully saturated rings. The predicted octanol–water partition coefficient (Wildman–Crippen LogP) is 3.27. The van der Waals surface area contributed by atoms with Crippen molar-refractivity contribution in [3.8, 4) is 29.1 Å². The average molecular weight is 545 g/mol. The number of nitrogens with one attached hydrogen (secondary N) is 1. The van der Waals surface area contributed by atoms with Crippen LogP contribution in [0.3, 0.4) is 0 Å². The van der Waals surface area contributed by atoms with Crippen LogP contribution in [-0.2, 0) is 14.6 Å². The molecule has 13 heteroatoms. The van der Waals surface area contributed by atoms with E-state index in [9.17, 15) is 18.5 Å². The molecule has 0 unspecified atom stereocenters. The zero-order valence-corrected chi connectivity index (χ0v) is 22.1. The molecule has 1 aromatic heterocycles. The van der Waals surface area contributed by atoms with Crippen LogP contribution in [0, 0.1) is 18.3 Å². The van der Waals surface area contributed by atoms with E-state index in [4.69, 9.17) is 18.9 Å². The highest BCUT2D eigenvalue weighted by Crippen LogP contribution is 2.39. The molecule has 0 saturated heterocycles. The van der Waals surface area contributed by atoms with Crippen molar-refractivity contribution >= 4 is 38.3 Å². The van der Waals surface area contributed by atoms with E-state index in [-0.39, 0.29) is 28.3 Å². The van der Waals surface area contributed by atoms with Crippen LogP contribution in [-0.4, -0.2) is 58.2 Å². The summed E-state index contributed by atoms with van der Waals surface area (Å²) in [6, 6.07) is 12.6. The van der Waals surface area contributed by atoms with Crippen LogP contribution in [0.1, 0.15) is 11.1 Å². The molecule has 2 aromatic carbocycles. The third-order valence-corrected chi connectivity index (χ3v) is 7.29. The number of hydrogen-bond acceptors (Lipinski definition) is 11. The van der Waals surface area contributed by atoms with Crippen molar-refractivity contribution in [2.75, 3.05) is 39.0 Å². The highest BCUT2D eigenvalue weighted by molar-refractivity contribution is 7.92. The lowest BCUT2D eigenvalue weighted by Gasteiger charge is -2.16. The van der Waals surface area contributed by atoms with E-state index in [0.29, 0.717) is 34.1 Å². The Morgan fingerprint density at radius 3 is 2.30 bits per heavy atom. The molecular formula is C24H24N4O7S2. The Balaban J connectivity index is 1.75. The second-order valence-electron chi connectivity index (χ2n) is 7.49. The minimum absolute atomic E-state index is 0.0570. The smallest absolute Gasteiger partial charge is 0.268 e. The topological polar surface area (TPSA) is 150 Å². The molecule has 0 aliphatic carbocycles. The summed E-state index contributed by atoms with van der Waals surface area (Å²) in [6.07, 6.45) is 2.30. The van der Waals surface area contributed by atoms with Crippen molar-refractivity contribution < 1.29 is 32.2 Å². The van der Waals surface area contributed by atoms with E-state index in [1.54, 1.807) is 12.1 Å². The monoisotopic (exact) mass is 544 g/mol. The van der Waals surface area contributed by atoms with Gasteiger partial charge in [-0.1, -0.05) is 29.5 Å². The number of nitriles is 1. The van der Waals surface area contributed by atoms with E-state index in [2.05, 4.69) is 15.5 Å². The number of anilines is 1. The van der Waals surface area contributed by atoms with Crippen molar-refractivity contribution in [3.05, 3.63) is 53.1 Å². The summed E-state index contributed by atoms with van der Waals surface area (Å²) in [5.74, 6) is 0.946. The van der Waals surface area contributed by atoms with Gasteiger partial charge in [-0.3, -0.25) is 10.1 Å². The number of carbonyl (C=O) groups excluding carboxylic acids is 1. The van der Waals surface area contributed by atoms with E-state index in [1.165, 1.54) is 20.3 Å². The quantitative estimate of drug-likeness (QED) is 0.165. The fraction of sp³-hybridized carbons (Fsp3) is 0.250. The van der Waals surface area contributed by atoms with Gasteiger partial charge in [0.25, 0.3) is 5.91 Å². The van der Waals surface area contributed by atoms with Gasteiger partial charge in [0.1, 0.15) is 30.6 Å².